The maximum absolute atomic E-state index is 10.3. The van der Waals surface area contributed by atoms with E-state index in [-0.39, 0.29) is 52.4 Å². The Morgan fingerprint density at radius 1 is 0.571 bits per heavy atom. The van der Waals surface area contributed by atoms with E-state index in [0.29, 0.717) is 0 Å². The molecule has 0 aliphatic carbocycles. The Hall–Kier alpha value is 0.117. The van der Waals surface area contributed by atoms with Gasteiger partial charge in [-0.2, -0.15) is 0 Å². The van der Waals surface area contributed by atoms with Crippen molar-refractivity contribution in [3.05, 3.63) is 60.7 Å². The molecule has 0 unspecified atom stereocenters. The van der Waals surface area contributed by atoms with Crippen LogP contribution in [0.2, 0.25) is 0 Å². The van der Waals surface area contributed by atoms with Gasteiger partial charge in [-0.05, 0) is 25.8 Å². The molecule has 6 nitrogen and oxygen atoms in total. The van der Waals surface area contributed by atoms with Crippen LogP contribution >= 0.6 is 15.2 Å². The fourth-order valence-electron chi connectivity index (χ4n) is 1.22. The molecule has 0 aliphatic rings. The molecule has 0 spiro atoms. The van der Waals surface area contributed by atoms with Gasteiger partial charge in [0.1, 0.15) is 0 Å². The molecule has 0 aliphatic heterocycles. The van der Waals surface area contributed by atoms with Crippen molar-refractivity contribution in [2.45, 2.75) is 0 Å². The number of hydrogen-bond acceptors (Lipinski definition) is 6. The second-order valence-corrected chi connectivity index (χ2v) is 6.69. The van der Waals surface area contributed by atoms with Gasteiger partial charge in [0.2, 0.25) is 0 Å². The summed E-state index contributed by atoms with van der Waals surface area (Å²) in [5.41, 5.74) is 0. The molecule has 2 rings (SSSR count). The van der Waals surface area contributed by atoms with Crippen molar-refractivity contribution in [1.82, 2.24) is 0 Å². The molecule has 0 amide bonds. The Bertz CT molecular complexity index is 565. The minimum atomic E-state index is -4.52. The molecule has 21 heavy (non-hydrogen) atoms. The van der Waals surface area contributed by atoms with Gasteiger partial charge in [-0.15, -0.1) is 0 Å². The molecule has 0 saturated carbocycles. The normalized spacial score (nSPS) is 10.9. The first-order chi connectivity index (χ1) is 9.21. The van der Waals surface area contributed by atoms with Gasteiger partial charge in [0, 0.05) is 0 Å². The van der Waals surface area contributed by atoms with Crippen LogP contribution in [-0.4, -0.2) is 0 Å². The third-order valence-corrected chi connectivity index (χ3v) is 4.01. The van der Waals surface area contributed by atoms with E-state index in [4.69, 9.17) is 0 Å². The number of rotatable bonds is 2. The molecule has 2 aromatic rings. The predicted octanol–water partition coefficient (Wildman–Crippen LogP) is -1.55. The van der Waals surface area contributed by atoms with Crippen molar-refractivity contribution in [3.8, 4) is 0 Å². The number of hydrogen-bond donors (Lipinski definition) is 0. The Kier molecular flexibility index (Phi) is 9.35. The van der Waals surface area contributed by atoms with E-state index in [1.54, 1.807) is 12.1 Å². The zero-order valence-electron chi connectivity index (χ0n) is 10.6. The summed E-state index contributed by atoms with van der Waals surface area (Å²) in [6, 6.07) is 14.5. The standard InChI is InChI=1S/2C6H7O3P.Ce/c2*7-10(8,9)6-4-2-1-3-5-6;/h2*1-5H,(H2,7,8,9);/q;;+3/p-4. The molecular formula is C12H10CeO6P2-. The predicted molar refractivity (Wildman–Crippen MR) is 67.4 cm³/mol. The van der Waals surface area contributed by atoms with Crippen LogP contribution in [0.4, 0.5) is 0 Å². The average Bonchev–Trinajstić information content (AvgIpc) is 2.40. The van der Waals surface area contributed by atoms with Crippen molar-refractivity contribution in [2.75, 3.05) is 0 Å². The van der Waals surface area contributed by atoms with Crippen molar-refractivity contribution in [2.24, 2.45) is 0 Å². The molecule has 0 N–H and O–H groups in total. The van der Waals surface area contributed by atoms with Gasteiger partial charge in [0.25, 0.3) is 0 Å². The van der Waals surface area contributed by atoms with Crippen LogP contribution < -0.4 is 30.2 Å². The van der Waals surface area contributed by atoms with Crippen LogP contribution in [0.15, 0.2) is 60.7 Å². The maximum atomic E-state index is 10.3. The van der Waals surface area contributed by atoms with E-state index < -0.39 is 15.2 Å². The monoisotopic (exact) mass is 452 g/mol. The summed E-state index contributed by atoms with van der Waals surface area (Å²) in [5, 5.41) is -0.315. The Labute approximate surface area is 155 Å². The smallest absolute Gasteiger partial charge is 0.807 e. The van der Waals surface area contributed by atoms with Crippen molar-refractivity contribution >= 4 is 25.8 Å². The van der Waals surface area contributed by atoms with Crippen LogP contribution in [-0.2, 0) is 9.13 Å². The molecule has 2 aromatic carbocycles. The van der Waals surface area contributed by atoms with Crippen molar-refractivity contribution in [1.29, 1.82) is 0 Å². The molecule has 9 heteroatoms. The maximum Gasteiger partial charge on any atom is 3.00 e. The first kappa shape index (κ1) is 21.1. The second kappa shape index (κ2) is 9.30. The Morgan fingerprint density at radius 3 is 0.952 bits per heavy atom. The zero-order valence-corrected chi connectivity index (χ0v) is 15.5. The summed E-state index contributed by atoms with van der Waals surface area (Å²) in [5.74, 6) is 0. The first-order valence-electron chi connectivity index (χ1n) is 5.36. The van der Waals surface area contributed by atoms with Gasteiger partial charge in [0.15, 0.2) is 0 Å². The third kappa shape index (κ3) is 8.35. The second-order valence-electron chi connectivity index (χ2n) is 3.67. The van der Waals surface area contributed by atoms with Gasteiger partial charge in [-0.1, -0.05) is 60.7 Å². The minimum absolute atomic E-state index is 0. The Morgan fingerprint density at radius 2 is 0.810 bits per heavy atom. The van der Waals surface area contributed by atoms with Crippen LogP contribution in [0.5, 0.6) is 0 Å². The largest absolute Gasteiger partial charge is 3.00 e. The van der Waals surface area contributed by atoms with Crippen LogP contribution in [0, 0.1) is 41.7 Å². The summed E-state index contributed by atoms with van der Waals surface area (Å²) in [6.07, 6.45) is 0. The molecule has 0 aromatic heterocycles. The summed E-state index contributed by atoms with van der Waals surface area (Å²) < 4.78 is 20.6. The van der Waals surface area contributed by atoms with Crippen LogP contribution in [0.3, 0.4) is 0 Å². The van der Waals surface area contributed by atoms with Gasteiger partial charge in [-0.3, -0.25) is 0 Å². The average molecular weight is 452 g/mol. The van der Waals surface area contributed by atoms with Gasteiger partial charge in [-0.25, -0.2) is 0 Å². The number of benzene rings is 2. The van der Waals surface area contributed by atoms with E-state index in [1.165, 1.54) is 48.5 Å². The molecule has 109 valence electrons. The van der Waals surface area contributed by atoms with Crippen molar-refractivity contribution < 1.29 is 70.5 Å². The fraction of sp³-hybridized carbons (Fsp3) is 0. The molecule has 1 radical (unpaired) electrons. The molecule has 0 bridgehead atoms. The molecular weight excluding hydrogens is 442 g/mol. The van der Waals surface area contributed by atoms with Gasteiger partial charge in [0.05, 0.1) is 0 Å². The van der Waals surface area contributed by atoms with Gasteiger partial charge >= 0.3 is 41.7 Å². The summed E-state index contributed by atoms with van der Waals surface area (Å²) in [6.45, 7) is 0. The summed E-state index contributed by atoms with van der Waals surface area (Å²) in [4.78, 5) is 41.2. The van der Waals surface area contributed by atoms with E-state index in [0.717, 1.165) is 0 Å². The molecule has 0 heterocycles. The van der Waals surface area contributed by atoms with E-state index in [9.17, 15) is 28.7 Å². The molecule has 0 fully saturated rings. The fourth-order valence-corrected chi connectivity index (χ4v) is 2.30. The summed E-state index contributed by atoms with van der Waals surface area (Å²) >= 11 is 0. The quantitative estimate of drug-likeness (QED) is 0.508. The first-order valence-corrected chi connectivity index (χ1v) is 8.45. The molecule has 0 atom stereocenters. The Balaban J connectivity index is 0.000000364. The minimum Gasteiger partial charge on any atom is -0.807 e. The van der Waals surface area contributed by atoms with E-state index >= 15 is 0 Å². The topological polar surface area (TPSA) is 126 Å². The SMILES string of the molecule is O=P([O-])([O-])c1ccccc1.O=P([O-])([O-])c1ccccc1.[Ce+3]. The van der Waals surface area contributed by atoms with E-state index in [2.05, 4.69) is 0 Å². The van der Waals surface area contributed by atoms with Crippen LogP contribution in [0.1, 0.15) is 0 Å². The van der Waals surface area contributed by atoms with Crippen LogP contribution in [0.25, 0.3) is 0 Å². The van der Waals surface area contributed by atoms with E-state index in [1.807, 2.05) is 0 Å². The van der Waals surface area contributed by atoms with Gasteiger partial charge < -0.3 is 28.7 Å². The third-order valence-electron chi connectivity index (χ3n) is 2.14. The van der Waals surface area contributed by atoms with Crippen molar-refractivity contribution in [3.63, 3.8) is 0 Å². The molecule has 0 saturated heterocycles. The summed E-state index contributed by atoms with van der Waals surface area (Å²) in [7, 11) is -9.04. The zero-order chi connectivity index (χ0) is 15.2.